The van der Waals surface area contributed by atoms with Crippen LogP contribution in [0.15, 0.2) is 0 Å². The van der Waals surface area contributed by atoms with Gasteiger partial charge in [-0.15, -0.1) is 0 Å². The molecule has 3 atom stereocenters. The van der Waals surface area contributed by atoms with Crippen molar-refractivity contribution in [1.29, 1.82) is 0 Å². The van der Waals surface area contributed by atoms with Crippen LogP contribution in [0.1, 0.15) is 13.3 Å². The van der Waals surface area contributed by atoms with Gasteiger partial charge in [-0.2, -0.15) is 0 Å². The zero-order valence-corrected chi connectivity index (χ0v) is 9.50. The highest BCUT2D eigenvalue weighted by molar-refractivity contribution is 5.84. The van der Waals surface area contributed by atoms with Crippen LogP contribution < -0.4 is 5.73 Å². The Morgan fingerprint density at radius 1 is 1.24 bits per heavy atom. The van der Waals surface area contributed by atoms with Crippen molar-refractivity contribution in [2.75, 3.05) is 13.1 Å². The number of nitrogens with two attached hydrogens (primary N) is 1. The summed E-state index contributed by atoms with van der Waals surface area (Å²) in [5.41, 5.74) is 5.43. The van der Waals surface area contributed by atoms with Crippen molar-refractivity contribution in [2.24, 2.45) is 17.6 Å². The van der Waals surface area contributed by atoms with E-state index in [4.69, 9.17) is 15.9 Å². The number of hydrogen-bond acceptors (Lipinski definition) is 4. The molecule has 0 aliphatic carbocycles. The molecule has 17 heavy (non-hydrogen) atoms. The van der Waals surface area contributed by atoms with Gasteiger partial charge in [0.1, 0.15) is 0 Å². The van der Waals surface area contributed by atoms with Gasteiger partial charge in [0.2, 0.25) is 5.91 Å². The largest absolute Gasteiger partial charge is 0.481 e. The number of hydrogen-bond donors (Lipinski definition) is 3. The number of carboxylic acid groups (broad SMARTS) is 2. The number of aliphatic carboxylic acids is 2. The minimum Gasteiger partial charge on any atom is -0.481 e. The second-order valence-corrected chi connectivity index (χ2v) is 4.25. The Bertz CT molecular complexity index is 342. The molecule has 1 aliphatic heterocycles. The fraction of sp³-hybridized carbons (Fsp3) is 0.700. The van der Waals surface area contributed by atoms with E-state index in [9.17, 15) is 14.4 Å². The van der Waals surface area contributed by atoms with E-state index < -0.39 is 29.8 Å². The van der Waals surface area contributed by atoms with Crippen molar-refractivity contribution < 1.29 is 24.6 Å². The van der Waals surface area contributed by atoms with Crippen LogP contribution >= 0.6 is 0 Å². The number of likely N-dealkylation sites (tertiary alicyclic amines) is 1. The lowest BCUT2D eigenvalue weighted by Gasteiger charge is -2.35. The molecule has 7 nitrogen and oxygen atoms in total. The highest BCUT2D eigenvalue weighted by atomic mass is 16.4. The van der Waals surface area contributed by atoms with Gasteiger partial charge in [-0.25, -0.2) is 0 Å². The monoisotopic (exact) mass is 244 g/mol. The Labute approximate surface area is 98.2 Å². The van der Waals surface area contributed by atoms with E-state index in [1.165, 1.54) is 11.8 Å². The van der Waals surface area contributed by atoms with Crippen molar-refractivity contribution in [3.63, 3.8) is 0 Å². The minimum absolute atomic E-state index is 0.0906. The molecule has 0 spiro atoms. The highest BCUT2D eigenvalue weighted by Gasteiger charge is 2.40. The van der Waals surface area contributed by atoms with Crippen LogP contribution in [0.4, 0.5) is 0 Å². The normalized spacial score (nSPS) is 26.4. The summed E-state index contributed by atoms with van der Waals surface area (Å²) in [6, 6.07) is -0.703. The van der Waals surface area contributed by atoms with Crippen LogP contribution in [0.2, 0.25) is 0 Å². The number of piperidine rings is 1. The van der Waals surface area contributed by atoms with Gasteiger partial charge < -0.3 is 20.8 Å². The van der Waals surface area contributed by atoms with Gasteiger partial charge in [0.15, 0.2) is 0 Å². The number of carbonyl (C=O) groups excluding carboxylic acids is 1. The maximum atomic E-state index is 11.6. The van der Waals surface area contributed by atoms with Crippen LogP contribution in [-0.2, 0) is 14.4 Å². The Balaban J connectivity index is 2.79. The summed E-state index contributed by atoms with van der Waals surface area (Å²) < 4.78 is 0. The van der Waals surface area contributed by atoms with E-state index >= 15 is 0 Å². The third kappa shape index (κ3) is 2.94. The van der Waals surface area contributed by atoms with E-state index in [2.05, 4.69) is 0 Å². The van der Waals surface area contributed by atoms with E-state index in [0.29, 0.717) is 0 Å². The first-order valence-electron chi connectivity index (χ1n) is 5.34. The fourth-order valence-corrected chi connectivity index (χ4v) is 1.99. The SMILES string of the molecule is C[C@@H](N)C(=O)N1CCC(C(=O)O)C(C(=O)O)C1. The third-order valence-electron chi connectivity index (χ3n) is 2.95. The Kier molecular flexibility index (Phi) is 4.06. The molecule has 4 N–H and O–H groups in total. The number of carboxylic acids is 2. The lowest BCUT2D eigenvalue weighted by Crippen LogP contribution is -2.52. The molecule has 7 heteroatoms. The first kappa shape index (κ1) is 13.4. The highest BCUT2D eigenvalue weighted by Crippen LogP contribution is 2.24. The van der Waals surface area contributed by atoms with E-state index in [1.54, 1.807) is 0 Å². The van der Waals surface area contributed by atoms with Gasteiger partial charge in [-0.3, -0.25) is 14.4 Å². The summed E-state index contributed by atoms with van der Waals surface area (Å²) in [5, 5.41) is 17.9. The number of nitrogens with zero attached hydrogens (tertiary/aromatic N) is 1. The minimum atomic E-state index is -1.19. The van der Waals surface area contributed by atoms with Crippen LogP contribution in [-0.4, -0.2) is 52.1 Å². The summed E-state index contributed by atoms with van der Waals surface area (Å²) in [6.07, 6.45) is 0.144. The second kappa shape index (κ2) is 5.13. The van der Waals surface area contributed by atoms with Gasteiger partial charge in [0.25, 0.3) is 0 Å². The van der Waals surface area contributed by atoms with E-state index in [0.717, 1.165) is 0 Å². The lowest BCUT2D eigenvalue weighted by molar-refractivity contribution is -0.159. The molecule has 0 aromatic carbocycles. The number of carbonyl (C=O) groups is 3. The van der Waals surface area contributed by atoms with Crippen molar-refractivity contribution in [3.05, 3.63) is 0 Å². The van der Waals surface area contributed by atoms with Crippen molar-refractivity contribution in [3.8, 4) is 0 Å². The first-order valence-corrected chi connectivity index (χ1v) is 5.34. The van der Waals surface area contributed by atoms with Crippen molar-refractivity contribution >= 4 is 17.8 Å². The summed E-state index contributed by atoms with van der Waals surface area (Å²) in [7, 11) is 0. The van der Waals surface area contributed by atoms with Crippen LogP contribution in [0.5, 0.6) is 0 Å². The van der Waals surface area contributed by atoms with Gasteiger partial charge in [-0.05, 0) is 13.3 Å². The average molecular weight is 244 g/mol. The Morgan fingerprint density at radius 3 is 2.18 bits per heavy atom. The lowest BCUT2D eigenvalue weighted by atomic mass is 9.85. The predicted octanol–water partition coefficient (Wildman–Crippen LogP) is -1.03. The molecule has 1 aliphatic rings. The molecule has 0 radical (unpaired) electrons. The second-order valence-electron chi connectivity index (χ2n) is 4.25. The van der Waals surface area contributed by atoms with Gasteiger partial charge in [-0.1, -0.05) is 0 Å². The topological polar surface area (TPSA) is 121 Å². The standard InChI is InChI=1S/C10H16N2O5/c1-5(11)8(13)12-3-2-6(9(14)15)7(4-12)10(16)17/h5-7H,2-4,11H2,1H3,(H,14,15)(H,16,17)/t5-,6?,7?/m1/s1. The maximum absolute atomic E-state index is 11.6. The molecule has 1 saturated heterocycles. The molecule has 0 bridgehead atoms. The first-order chi connectivity index (χ1) is 7.84. The third-order valence-corrected chi connectivity index (χ3v) is 2.95. The summed E-state index contributed by atoms with van der Waals surface area (Å²) in [6.45, 7) is 1.66. The van der Waals surface area contributed by atoms with Gasteiger partial charge >= 0.3 is 11.9 Å². The van der Waals surface area contributed by atoms with Crippen molar-refractivity contribution in [2.45, 2.75) is 19.4 Å². The molecule has 0 aromatic heterocycles. The molecule has 1 fully saturated rings. The van der Waals surface area contributed by atoms with E-state index in [-0.39, 0.29) is 25.4 Å². The summed E-state index contributed by atoms with van der Waals surface area (Å²) >= 11 is 0. The Morgan fingerprint density at radius 2 is 1.76 bits per heavy atom. The molecule has 2 unspecified atom stereocenters. The van der Waals surface area contributed by atoms with Crippen LogP contribution in [0.25, 0.3) is 0 Å². The van der Waals surface area contributed by atoms with Crippen LogP contribution in [0.3, 0.4) is 0 Å². The molecular weight excluding hydrogens is 228 g/mol. The van der Waals surface area contributed by atoms with Gasteiger partial charge in [0.05, 0.1) is 17.9 Å². The summed E-state index contributed by atoms with van der Waals surface area (Å²) in [4.78, 5) is 34.8. The molecule has 1 amide bonds. The Hall–Kier alpha value is -1.63. The van der Waals surface area contributed by atoms with Crippen molar-refractivity contribution in [1.82, 2.24) is 4.90 Å². The van der Waals surface area contributed by atoms with Crippen LogP contribution in [0, 0.1) is 11.8 Å². The molecule has 0 aromatic rings. The zero-order valence-electron chi connectivity index (χ0n) is 9.50. The fourth-order valence-electron chi connectivity index (χ4n) is 1.99. The summed E-state index contributed by atoms with van der Waals surface area (Å²) in [5.74, 6) is -4.68. The number of amides is 1. The van der Waals surface area contributed by atoms with Gasteiger partial charge in [0, 0.05) is 13.1 Å². The zero-order chi connectivity index (χ0) is 13.2. The average Bonchev–Trinajstić information content (AvgIpc) is 2.26. The predicted molar refractivity (Wildman–Crippen MR) is 57.1 cm³/mol. The number of rotatable bonds is 3. The maximum Gasteiger partial charge on any atom is 0.309 e. The molecule has 1 rings (SSSR count). The quantitative estimate of drug-likeness (QED) is 0.583. The molecule has 1 heterocycles. The molecule has 0 saturated carbocycles. The smallest absolute Gasteiger partial charge is 0.309 e. The molecular formula is C10H16N2O5. The van der Waals surface area contributed by atoms with E-state index in [1.807, 2.05) is 0 Å². The molecule has 96 valence electrons.